The van der Waals surface area contributed by atoms with E-state index in [2.05, 4.69) is 21.2 Å². The first-order valence-electron chi connectivity index (χ1n) is 6.18. The largest absolute Gasteiger partial charge is 0.481 e. The Morgan fingerprint density at radius 2 is 2.25 bits per heavy atom. The molecule has 0 aliphatic carbocycles. The third kappa shape index (κ3) is 3.86. The first-order valence-corrected chi connectivity index (χ1v) is 7.35. The number of carboxylic acid groups (broad SMARTS) is 1. The summed E-state index contributed by atoms with van der Waals surface area (Å²) in [5.41, 5.74) is 0.601. The number of carbonyl (C=O) groups excluding carboxylic acids is 1. The summed E-state index contributed by atoms with van der Waals surface area (Å²) in [6, 6.07) is 4.91. The van der Waals surface area contributed by atoms with Gasteiger partial charge in [0.2, 0.25) is 0 Å². The number of hydrogen-bond acceptors (Lipinski definition) is 2. The minimum absolute atomic E-state index is 0.0288. The topological polar surface area (TPSA) is 69.6 Å². The molecule has 2 amide bonds. The maximum Gasteiger partial charge on any atom is 0.321 e. The molecule has 0 spiro atoms. The molecule has 1 aromatic carbocycles. The number of aliphatic carboxylic acids is 1. The fourth-order valence-corrected chi connectivity index (χ4v) is 2.74. The maximum absolute atomic E-state index is 12.1. The first kappa shape index (κ1) is 15.1. The summed E-state index contributed by atoms with van der Waals surface area (Å²) < 4.78 is 0.747. The van der Waals surface area contributed by atoms with E-state index in [1.165, 1.54) is 0 Å². The molecule has 0 bridgehead atoms. The van der Waals surface area contributed by atoms with Crippen molar-refractivity contribution < 1.29 is 14.7 Å². The molecule has 2 rings (SSSR count). The highest BCUT2D eigenvalue weighted by molar-refractivity contribution is 9.10. The lowest BCUT2D eigenvalue weighted by atomic mass is 10.1. The molecular formula is C13H14BrClN2O3. The van der Waals surface area contributed by atoms with Gasteiger partial charge in [0, 0.05) is 29.0 Å². The summed E-state index contributed by atoms with van der Waals surface area (Å²) in [6.45, 7) is 1.04. The zero-order chi connectivity index (χ0) is 14.7. The predicted octanol–water partition coefficient (Wildman–Crippen LogP) is 3.43. The second-order valence-electron chi connectivity index (χ2n) is 4.75. The van der Waals surface area contributed by atoms with Gasteiger partial charge in [0.1, 0.15) is 0 Å². The molecule has 20 heavy (non-hydrogen) atoms. The number of urea groups is 1. The van der Waals surface area contributed by atoms with E-state index in [4.69, 9.17) is 16.7 Å². The van der Waals surface area contributed by atoms with Gasteiger partial charge in [-0.2, -0.15) is 0 Å². The van der Waals surface area contributed by atoms with E-state index >= 15 is 0 Å². The summed E-state index contributed by atoms with van der Waals surface area (Å²) in [5, 5.41) is 12.1. The minimum atomic E-state index is -0.824. The van der Waals surface area contributed by atoms with Crippen LogP contribution in [0.2, 0.25) is 5.02 Å². The number of carbonyl (C=O) groups is 2. The zero-order valence-electron chi connectivity index (χ0n) is 10.6. The fraction of sp³-hybridized carbons (Fsp3) is 0.385. The van der Waals surface area contributed by atoms with Gasteiger partial charge >= 0.3 is 12.0 Å². The van der Waals surface area contributed by atoms with E-state index in [1.807, 2.05) is 0 Å². The third-order valence-corrected chi connectivity index (χ3v) is 4.13. The van der Waals surface area contributed by atoms with Gasteiger partial charge in [0.25, 0.3) is 0 Å². The van der Waals surface area contributed by atoms with E-state index in [9.17, 15) is 9.59 Å². The standard InChI is InChI=1S/C13H14BrClN2O3/c14-10-2-1-9(15)6-11(10)16-13(20)17-4-3-8(7-17)5-12(18)19/h1-2,6,8H,3-5,7H2,(H,16,20)(H,18,19). The van der Waals surface area contributed by atoms with Gasteiger partial charge < -0.3 is 15.3 Å². The van der Waals surface area contributed by atoms with E-state index in [-0.39, 0.29) is 18.4 Å². The molecule has 0 saturated carbocycles. The van der Waals surface area contributed by atoms with Gasteiger partial charge in [-0.1, -0.05) is 11.6 Å². The fourth-order valence-electron chi connectivity index (χ4n) is 2.22. The molecule has 1 heterocycles. The SMILES string of the molecule is O=C(O)CC1CCN(C(=O)Nc2cc(Cl)ccc2Br)C1. The number of anilines is 1. The highest BCUT2D eigenvalue weighted by Gasteiger charge is 2.27. The average molecular weight is 362 g/mol. The van der Waals surface area contributed by atoms with Crippen molar-refractivity contribution in [3.8, 4) is 0 Å². The number of rotatable bonds is 3. The summed E-state index contributed by atoms with van der Waals surface area (Å²) >= 11 is 9.23. The van der Waals surface area contributed by atoms with E-state index in [0.717, 1.165) is 10.9 Å². The number of likely N-dealkylation sites (tertiary alicyclic amines) is 1. The number of nitrogens with zero attached hydrogens (tertiary/aromatic N) is 1. The molecule has 1 atom stereocenters. The number of halogens is 2. The number of carboxylic acids is 1. The summed E-state index contributed by atoms with van der Waals surface area (Å²) in [7, 11) is 0. The minimum Gasteiger partial charge on any atom is -0.481 e. The molecule has 0 aromatic heterocycles. The van der Waals surface area contributed by atoms with E-state index in [0.29, 0.717) is 23.8 Å². The summed E-state index contributed by atoms with van der Waals surface area (Å²) in [4.78, 5) is 24.4. The Morgan fingerprint density at radius 3 is 2.95 bits per heavy atom. The third-order valence-electron chi connectivity index (χ3n) is 3.21. The maximum atomic E-state index is 12.1. The quantitative estimate of drug-likeness (QED) is 0.866. The molecule has 1 aliphatic rings. The lowest BCUT2D eigenvalue weighted by Gasteiger charge is -2.18. The van der Waals surface area contributed by atoms with Gasteiger partial charge in [0.15, 0.2) is 0 Å². The number of benzene rings is 1. The van der Waals surface area contributed by atoms with Crippen molar-refractivity contribution in [2.24, 2.45) is 5.92 Å². The van der Waals surface area contributed by atoms with Crippen molar-refractivity contribution in [2.45, 2.75) is 12.8 Å². The van der Waals surface area contributed by atoms with Crippen LogP contribution in [0.3, 0.4) is 0 Å². The van der Waals surface area contributed by atoms with Gasteiger partial charge in [-0.25, -0.2) is 4.79 Å². The van der Waals surface area contributed by atoms with Gasteiger partial charge in [-0.3, -0.25) is 4.79 Å². The van der Waals surface area contributed by atoms with Crippen molar-refractivity contribution in [1.82, 2.24) is 4.90 Å². The molecule has 0 radical (unpaired) electrons. The van der Waals surface area contributed by atoms with Crippen molar-refractivity contribution in [2.75, 3.05) is 18.4 Å². The van der Waals surface area contributed by atoms with Crippen LogP contribution in [-0.4, -0.2) is 35.1 Å². The van der Waals surface area contributed by atoms with E-state index in [1.54, 1.807) is 23.1 Å². The summed E-state index contributed by atoms with van der Waals surface area (Å²) in [6.07, 6.45) is 0.821. The van der Waals surface area contributed by atoms with Crippen molar-refractivity contribution >= 4 is 45.2 Å². The monoisotopic (exact) mass is 360 g/mol. The lowest BCUT2D eigenvalue weighted by molar-refractivity contribution is -0.138. The van der Waals surface area contributed by atoms with Crippen molar-refractivity contribution in [1.29, 1.82) is 0 Å². The van der Waals surface area contributed by atoms with Gasteiger partial charge in [0.05, 0.1) is 5.69 Å². The molecule has 1 aliphatic heterocycles. The molecule has 7 heteroatoms. The smallest absolute Gasteiger partial charge is 0.321 e. The molecule has 1 unspecified atom stereocenters. The predicted molar refractivity (Wildman–Crippen MR) is 80.1 cm³/mol. The molecular weight excluding hydrogens is 348 g/mol. The van der Waals surface area contributed by atoms with Crippen molar-refractivity contribution in [3.63, 3.8) is 0 Å². The van der Waals surface area contributed by atoms with Crippen LogP contribution >= 0.6 is 27.5 Å². The first-order chi connectivity index (χ1) is 9.45. The van der Waals surface area contributed by atoms with Crippen LogP contribution in [0.1, 0.15) is 12.8 Å². The Labute approximate surface area is 130 Å². The molecule has 2 N–H and O–H groups in total. The Balaban J connectivity index is 1.96. The lowest BCUT2D eigenvalue weighted by Crippen LogP contribution is -2.33. The Morgan fingerprint density at radius 1 is 1.50 bits per heavy atom. The molecule has 1 aromatic rings. The van der Waals surface area contributed by atoms with E-state index < -0.39 is 5.97 Å². The van der Waals surface area contributed by atoms with Crippen LogP contribution in [0, 0.1) is 5.92 Å². The number of nitrogens with one attached hydrogen (secondary N) is 1. The van der Waals surface area contributed by atoms with Crippen LogP contribution in [0.5, 0.6) is 0 Å². The molecule has 1 saturated heterocycles. The highest BCUT2D eigenvalue weighted by Crippen LogP contribution is 2.27. The van der Waals surface area contributed by atoms with Crippen molar-refractivity contribution in [3.05, 3.63) is 27.7 Å². The number of hydrogen-bond donors (Lipinski definition) is 2. The highest BCUT2D eigenvalue weighted by atomic mass is 79.9. The number of amides is 2. The van der Waals surface area contributed by atoms with Gasteiger partial charge in [-0.15, -0.1) is 0 Å². The molecule has 108 valence electrons. The Hall–Kier alpha value is -1.27. The normalized spacial score (nSPS) is 18.1. The van der Waals surface area contributed by atoms with Crippen LogP contribution < -0.4 is 5.32 Å². The second kappa shape index (κ2) is 6.45. The second-order valence-corrected chi connectivity index (χ2v) is 6.04. The van der Waals surface area contributed by atoms with Crippen LogP contribution in [0.25, 0.3) is 0 Å². The van der Waals surface area contributed by atoms with Crippen LogP contribution in [0.15, 0.2) is 22.7 Å². The van der Waals surface area contributed by atoms with Crippen LogP contribution in [0.4, 0.5) is 10.5 Å². The zero-order valence-corrected chi connectivity index (χ0v) is 12.9. The van der Waals surface area contributed by atoms with Gasteiger partial charge in [-0.05, 0) is 46.5 Å². The Kier molecular flexibility index (Phi) is 4.88. The molecule has 5 nitrogen and oxygen atoms in total. The Bertz CT molecular complexity index is 538. The van der Waals surface area contributed by atoms with Crippen LogP contribution in [-0.2, 0) is 4.79 Å². The molecule has 1 fully saturated rings. The average Bonchev–Trinajstić information content (AvgIpc) is 2.81. The summed E-state index contributed by atoms with van der Waals surface area (Å²) in [5.74, 6) is -0.795.